The van der Waals surface area contributed by atoms with E-state index in [2.05, 4.69) is 12.2 Å². The fourth-order valence-corrected chi connectivity index (χ4v) is 4.87. The summed E-state index contributed by atoms with van der Waals surface area (Å²) in [5, 5.41) is 3.34. The second kappa shape index (κ2) is 14.9. The lowest BCUT2D eigenvalue weighted by atomic mass is 9.78. The standard InChI is InChI=1S/C27H39ClN2O5/c1-19-6-4-7-21(14-19)16-24(29-27(34)35-18-22-8-5-9-23(28)15-22)25(32)12-10-20(17-31)11-13-26(33)30(2)3/h5,8-9,15,17,19-21,24H,4,6-7,10-14,16,18H2,1-3H3,(H,29,34)/t19?,20-,21?,24?/m0/s1. The first-order valence-electron chi connectivity index (χ1n) is 12.5. The summed E-state index contributed by atoms with van der Waals surface area (Å²) in [6.45, 7) is 2.28. The van der Waals surface area contributed by atoms with Crippen LogP contribution >= 0.6 is 11.6 Å². The molecule has 1 aromatic carbocycles. The Morgan fingerprint density at radius 1 is 1.20 bits per heavy atom. The minimum atomic E-state index is -0.659. The summed E-state index contributed by atoms with van der Waals surface area (Å²) in [7, 11) is 3.35. The molecule has 2 amide bonds. The normalized spacial score (nSPS) is 19.3. The van der Waals surface area contributed by atoms with Gasteiger partial charge in [0.1, 0.15) is 12.9 Å². The largest absolute Gasteiger partial charge is 0.445 e. The summed E-state index contributed by atoms with van der Waals surface area (Å²) >= 11 is 5.99. The van der Waals surface area contributed by atoms with Crippen LogP contribution in [0.4, 0.5) is 4.79 Å². The lowest BCUT2D eigenvalue weighted by Gasteiger charge is -2.29. The zero-order chi connectivity index (χ0) is 25.8. The molecule has 1 aliphatic carbocycles. The number of halogens is 1. The number of Topliss-reactive ketones (excluding diaryl/α,β-unsaturated/α-hetero) is 1. The van der Waals surface area contributed by atoms with Crippen LogP contribution in [0.5, 0.6) is 0 Å². The average Bonchev–Trinajstić information content (AvgIpc) is 2.82. The van der Waals surface area contributed by atoms with E-state index in [0.29, 0.717) is 36.1 Å². The van der Waals surface area contributed by atoms with Crippen LogP contribution in [0.25, 0.3) is 0 Å². The fraction of sp³-hybridized carbons (Fsp3) is 0.630. The number of aldehydes is 1. The van der Waals surface area contributed by atoms with Gasteiger partial charge >= 0.3 is 6.09 Å². The topological polar surface area (TPSA) is 92.8 Å². The summed E-state index contributed by atoms with van der Waals surface area (Å²) in [6, 6.07) is 6.40. The van der Waals surface area contributed by atoms with Crippen molar-refractivity contribution in [1.29, 1.82) is 0 Å². The number of carbonyl (C=O) groups excluding carboxylic acids is 4. The molecule has 0 aromatic heterocycles. The first kappa shape index (κ1) is 28.8. The van der Waals surface area contributed by atoms with Gasteiger partial charge in [-0.05, 0) is 55.2 Å². The van der Waals surface area contributed by atoms with Crippen molar-refractivity contribution in [2.24, 2.45) is 17.8 Å². The Hall–Kier alpha value is -2.41. The van der Waals surface area contributed by atoms with Gasteiger partial charge in [0.2, 0.25) is 5.91 Å². The van der Waals surface area contributed by atoms with E-state index in [9.17, 15) is 19.2 Å². The molecule has 1 aliphatic rings. The Morgan fingerprint density at radius 3 is 2.60 bits per heavy atom. The first-order chi connectivity index (χ1) is 16.7. The van der Waals surface area contributed by atoms with Crippen LogP contribution in [0.3, 0.4) is 0 Å². The fourth-order valence-electron chi connectivity index (χ4n) is 4.65. The van der Waals surface area contributed by atoms with Crippen molar-refractivity contribution in [2.45, 2.75) is 77.4 Å². The molecule has 1 N–H and O–H groups in total. The summed E-state index contributed by atoms with van der Waals surface area (Å²) < 4.78 is 5.35. The van der Waals surface area contributed by atoms with E-state index in [1.54, 1.807) is 32.3 Å². The monoisotopic (exact) mass is 506 g/mol. The number of benzene rings is 1. The quantitative estimate of drug-likeness (QED) is 0.372. The predicted molar refractivity (Wildman–Crippen MR) is 136 cm³/mol. The Bertz CT molecular complexity index is 860. The number of hydrogen-bond acceptors (Lipinski definition) is 5. The zero-order valence-corrected chi connectivity index (χ0v) is 21.9. The molecule has 0 bridgehead atoms. The molecule has 194 valence electrons. The summed E-state index contributed by atoms with van der Waals surface area (Å²) in [5.41, 5.74) is 0.762. The molecule has 1 aromatic rings. The second-order valence-electron chi connectivity index (χ2n) is 10.0. The van der Waals surface area contributed by atoms with Crippen LogP contribution in [0.15, 0.2) is 24.3 Å². The Morgan fingerprint density at radius 2 is 1.94 bits per heavy atom. The summed E-state index contributed by atoms with van der Waals surface area (Å²) in [4.78, 5) is 50.5. The number of nitrogens with one attached hydrogen (secondary N) is 1. The summed E-state index contributed by atoms with van der Waals surface area (Å²) in [6.07, 6.45) is 6.34. The van der Waals surface area contributed by atoms with E-state index in [4.69, 9.17) is 16.3 Å². The molecule has 8 heteroatoms. The third-order valence-electron chi connectivity index (χ3n) is 6.74. The Labute approximate surface area is 213 Å². The molecular weight excluding hydrogens is 468 g/mol. The third-order valence-corrected chi connectivity index (χ3v) is 6.97. The minimum absolute atomic E-state index is 0.0448. The molecule has 0 radical (unpaired) electrons. The molecule has 7 nitrogen and oxygen atoms in total. The van der Waals surface area contributed by atoms with Crippen molar-refractivity contribution >= 4 is 35.7 Å². The van der Waals surface area contributed by atoms with E-state index >= 15 is 0 Å². The molecule has 1 fully saturated rings. The molecule has 0 spiro atoms. The van der Waals surface area contributed by atoms with Crippen molar-refractivity contribution in [3.8, 4) is 0 Å². The van der Waals surface area contributed by atoms with Gasteiger partial charge in [-0.25, -0.2) is 4.79 Å². The van der Waals surface area contributed by atoms with Crippen molar-refractivity contribution in [3.63, 3.8) is 0 Å². The van der Waals surface area contributed by atoms with E-state index in [1.165, 1.54) is 11.3 Å². The van der Waals surface area contributed by atoms with Crippen LogP contribution < -0.4 is 5.32 Å². The second-order valence-corrected chi connectivity index (χ2v) is 10.4. The van der Waals surface area contributed by atoms with Gasteiger partial charge in [0.15, 0.2) is 5.78 Å². The van der Waals surface area contributed by atoms with E-state index < -0.39 is 12.1 Å². The highest BCUT2D eigenvalue weighted by Crippen LogP contribution is 2.32. The van der Waals surface area contributed by atoms with Crippen molar-refractivity contribution in [1.82, 2.24) is 10.2 Å². The SMILES string of the molecule is CC1CCCC(CC(NC(=O)OCc2cccc(Cl)c2)C(=O)CC[C@H](C=O)CCC(=O)N(C)C)C1. The molecule has 3 unspecified atom stereocenters. The van der Waals surface area contributed by atoms with Crippen LogP contribution in [-0.2, 0) is 25.7 Å². The van der Waals surface area contributed by atoms with Crippen molar-refractivity contribution < 1.29 is 23.9 Å². The number of ketones is 1. The maximum atomic E-state index is 13.1. The molecule has 0 saturated heterocycles. The highest BCUT2D eigenvalue weighted by molar-refractivity contribution is 6.30. The smallest absolute Gasteiger partial charge is 0.408 e. The number of carbonyl (C=O) groups is 4. The summed E-state index contributed by atoms with van der Waals surface area (Å²) in [5.74, 6) is 0.451. The molecule has 0 heterocycles. The average molecular weight is 507 g/mol. The zero-order valence-electron chi connectivity index (χ0n) is 21.1. The van der Waals surface area contributed by atoms with Gasteiger partial charge in [-0.3, -0.25) is 9.59 Å². The van der Waals surface area contributed by atoms with Crippen LogP contribution in [0.1, 0.15) is 70.3 Å². The van der Waals surface area contributed by atoms with Gasteiger partial charge < -0.3 is 19.7 Å². The third kappa shape index (κ3) is 10.8. The number of hydrogen-bond donors (Lipinski definition) is 1. The van der Waals surface area contributed by atoms with Crippen molar-refractivity contribution in [3.05, 3.63) is 34.9 Å². The van der Waals surface area contributed by atoms with Gasteiger partial charge in [0, 0.05) is 37.9 Å². The number of nitrogens with zero attached hydrogens (tertiary/aromatic N) is 1. The molecule has 1 saturated carbocycles. The van der Waals surface area contributed by atoms with Crippen LogP contribution in [0, 0.1) is 17.8 Å². The maximum Gasteiger partial charge on any atom is 0.408 e. The highest BCUT2D eigenvalue weighted by atomic mass is 35.5. The predicted octanol–water partition coefficient (Wildman–Crippen LogP) is 5.18. The Balaban J connectivity index is 1.95. The van der Waals surface area contributed by atoms with Gasteiger partial charge in [0.05, 0.1) is 6.04 Å². The van der Waals surface area contributed by atoms with Crippen LogP contribution in [-0.4, -0.2) is 49.1 Å². The van der Waals surface area contributed by atoms with Crippen LogP contribution in [0.2, 0.25) is 5.02 Å². The number of amides is 2. The van der Waals surface area contributed by atoms with E-state index in [0.717, 1.165) is 31.1 Å². The molecule has 4 atom stereocenters. The first-order valence-corrected chi connectivity index (χ1v) is 12.9. The molecule has 35 heavy (non-hydrogen) atoms. The number of alkyl carbamates (subject to hydrolysis) is 1. The number of ether oxygens (including phenoxy) is 1. The Kier molecular flexibility index (Phi) is 12.2. The maximum absolute atomic E-state index is 13.1. The molecule has 2 rings (SSSR count). The number of rotatable bonds is 13. The minimum Gasteiger partial charge on any atom is -0.445 e. The van der Waals surface area contributed by atoms with Gasteiger partial charge in [-0.2, -0.15) is 0 Å². The molecular formula is C27H39ClN2O5. The lowest BCUT2D eigenvalue weighted by molar-refractivity contribution is -0.129. The molecule has 0 aliphatic heterocycles. The highest BCUT2D eigenvalue weighted by Gasteiger charge is 2.28. The van der Waals surface area contributed by atoms with Crippen molar-refractivity contribution in [2.75, 3.05) is 14.1 Å². The van der Waals surface area contributed by atoms with E-state index in [-0.39, 0.29) is 37.1 Å². The van der Waals surface area contributed by atoms with Gasteiger partial charge in [-0.1, -0.05) is 49.9 Å². The lowest BCUT2D eigenvalue weighted by Crippen LogP contribution is -2.43. The van der Waals surface area contributed by atoms with Gasteiger partial charge in [0.25, 0.3) is 0 Å². The van der Waals surface area contributed by atoms with E-state index in [1.807, 2.05) is 6.07 Å². The van der Waals surface area contributed by atoms with Gasteiger partial charge in [-0.15, -0.1) is 0 Å².